The predicted molar refractivity (Wildman–Crippen MR) is 86.7 cm³/mol. The molecule has 0 atom stereocenters. The van der Waals surface area contributed by atoms with Crippen LogP contribution in [0.15, 0.2) is 11.4 Å². The van der Waals surface area contributed by atoms with E-state index in [-0.39, 0.29) is 5.91 Å². The Balaban J connectivity index is 2.15. The fourth-order valence-corrected chi connectivity index (χ4v) is 3.08. The summed E-state index contributed by atoms with van der Waals surface area (Å²) in [7, 11) is 3.52. The van der Waals surface area contributed by atoms with Crippen molar-refractivity contribution in [3.8, 4) is 0 Å². The third-order valence-corrected chi connectivity index (χ3v) is 4.18. The topological polar surface area (TPSA) is 49.3 Å². The van der Waals surface area contributed by atoms with Gasteiger partial charge in [0.25, 0.3) is 0 Å². The van der Waals surface area contributed by atoms with Gasteiger partial charge in [0.15, 0.2) is 0 Å². The van der Waals surface area contributed by atoms with Crippen LogP contribution in [0.4, 0.5) is 0 Å². The maximum absolute atomic E-state index is 11.9. The number of likely N-dealkylation sites (N-methyl/N-ethyl adjacent to an activating group) is 1. The molecule has 0 radical (unpaired) electrons. The van der Waals surface area contributed by atoms with Gasteiger partial charge >= 0.3 is 0 Å². The van der Waals surface area contributed by atoms with Crippen molar-refractivity contribution in [1.29, 1.82) is 0 Å². The van der Waals surface area contributed by atoms with Crippen molar-refractivity contribution in [2.75, 3.05) is 27.2 Å². The molecule has 2 rings (SSSR count). The molecule has 0 bridgehead atoms. The average Bonchev–Trinajstić information content (AvgIpc) is 2.87. The van der Waals surface area contributed by atoms with Crippen molar-refractivity contribution < 1.29 is 4.79 Å². The molecule has 2 aromatic heterocycles. The Hall–Kier alpha value is -1.24. The monoisotopic (exact) mass is 326 g/mol. The molecule has 0 spiro atoms. The van der Waals surface area contributed by atoms with Crippen LogP contribution in [0.1, 0.15) is 19.2 Å². The smallest absolute Gasteiger partial charge is 0.236 e. The van der Waals surface area contributed by atoms with E-state index in [0.717, 1.165) is 23.2 Å². The summed E-state index contributed by atoms with van der Waals surface area (Å²) in [6, 6.07) is 1.92. The van der Waals surface area contributed by atoms with Gasteiger partial charge in [0.2, 0.25) is 5.91 Å². The van der Waals surface area contributed by atoms with Crippen LogP contribution in [0, 0.1) is 0 Å². The van der Waals surface area contributed by atoms with Crippen molar-refractivity contribution in [3.05, 3.63) is 22.4 Å². The minimum Gasteiger partial charge on any atom is -0.348 e. The van der Waals surface area contributed by atoms with Crippen LogP contribution in [0.2, 0.25) is 5.15 Å². The Morgan fingerprint density at radius 3 is 2.81 bits per heavy atom. The lowest BCUT2D eigenvalue weighted by Gasteiger charge is -2.22. The summed E-state index contributed by atoms with van der Waals surface area (Å²) in [6.45, 7) is 3.80. The number of hydrogen-bond donors (Lipinski definition) is 0. The second kappa shape index (κ2) is 7.15. The molecule has 0 unspecified atom stereocenters. The first kappa shape index (κ1) is 16.1. The molecule has 0 aliphatic carbocycles. The van der Waals surface area contributed by atoms with Crippen LogP contribution < -0.4 is 0 Å². The first-order chi connectivity index (χ1) is 10.0. The van der Waals surface area contributed by atoms with Gasteiger partial charge < -0.3 is 4.90 Å². The Morgan fingerprint density at radius 2 is 2.14 bits per heavy atom. The highest BCUT2D eigenvalue weighted by molar-refractivity contribution is 7.16. The molecule has 2 aromatic rings. The highest BCUT2D eigenvalue weighted by Crippen LogP contribution is 2.25. The minimum absolute atomic E-state index is 0.0757. The molecule has 7 heteroatoms. The Bertz CT molecular complexity index is 628. The van der Waals surface area contributed by atoms with Gasteiger partial charge in [0.1, 0.15) is 15.8 Å². The van der Waals surface area contributed by atoms with Crippen LogP contribution in [-0.4, -0.2) is 52.9 Å². The second-order valence-corrected chi connectivity index (χ2v) is 6.32. The van der Waals surface area contributed by atoms with Crippen LogP contribution in [0.25, 0.3) is 10.2 Å². The van der Waals surface area contributed by atoms with E-state index in [0.29, 0.717) is 24.1 Å². The van der Waals surface area contributed by atoms with E-state index in [1.807, 2.05) is 16.3 Å². The van der Waals surface area contributed by atoms with Crippen molar-refractivity contribution in [3.63, 3.8) is 0 Å². The number of thiophene rings is 1. The molecule has 114 valence electrons. The number of amides is 1. The van der Waals surface area contributed by atoms with Gasteiger partial charge in [-0.3, -0.25) is 9.69 Å². The molecule has 2 heterocycles. The molecule has 1 amide bonds. The van der Waals surface area contributed by atoms with Crippen molar-refractivity contribution in [2.45, 2.75) is 19.9 Å². The van der Waals surface area contributed by atoms with E-state index in [4.69, 9.17) is 11.6 Å². The fraction of sp³-hybridized carbons (Fsp3) is 0.500. The molecular weight excluding hydrogens is 308 g/mol. The van der Waals surface area contributed by atoms with E-state index in [1.54, 1.807) is 30.3 Å². The first-order valence-electron chi connectivity index (χ1n) is 6.83. The molecule has 0 saturated carbocycles. The Kier molecular flexibility index (Phi) is 5.50. The molecule has 0 N–H and O–H groups in total. The van der Waals surface area contributed by atoms with Crippen molar-refractivity contribution >= 4 is 39.1 Å². The van der Waals surface area contributed by atoms with Gasteiger partial charge in [-0.25, -0.2) is 9.97 Å². The van der Waals surface area contributed by atoms with E-state index in [9.17, 15) is 4.79 Å². The molecular formula is C14H19ClN4OS. The number of fused-ring (bicyclic) bond motifs is 1. The summed E-state index contributed by atoms with van der Waals surface area (Å²) in [5, 5.41) is 3.32. The zero-order chi connectivity index (χ0) is 15.4. The normalized spacial score (nSPS) is 11.3. The second-order valence-electron chi connectivity index (χ2n) is 5.07. The zero-order valence-corrected chi connectivity index (χ0v) is 14.0. The number of carbonyl (C=O) groups excluding carboxylic acids is 1. The highest BCUT2D eigenvalue weighted by atomic mass is 35.5. The summed E-state index contributed by atoms with van der Waals surface area (Å²) in [5.74, 6) is 0.738. The quantitative estimate of drug-likeness (QED) is 0.766. The number of hydrogen-bond acceptors (Lipinski definition) is 5. The number of halogens is 1. The Labute approximate surface area is 133 Å². The molecule has 0 saturated heterocycles. The minimum atomic E-state index is 0.0757. The zero-order valence-electron chi connectivity index (χ0n) is 12.5. The van der Waals surface area contributed by atoms with Crippen LogP contribution >= 0.6 is 22.9 Å². The largest absolute Gasteiger partial charge is 0.348 e. The molecule has 0 fully saturated rings. The standard InChI is InChI=1S/C14H19ClN4OS/c1-4-6-19(9-12(20)18(2)3)8-11-16-13(15)10-5-7-21-14(10)17-11/h5,7H,4,6,8-9H2,1-3H3. The highest BCUT2D eigenvalue weighted by Gasteiger charge is 2.15. The number of rotatable bonds is 6. The molecule has 0 aliphatic heterocycles. The lowest BCUT2D eigenvalue weighted by Crippen LogP contribution is -2.37. The van der Waals surface area contributed by atoms with Gasteiger partial charge in [-0.05, 0) is 24.4 Å². The third kappa shape index (κ3) is 4.12. The Morgan fingerprint density at radius 1 is 1.38 bits per heavy atom. The van der Waals surface area contributed by atoms with Crippen LogP contribution in [0.5, 0.6) is 0 Å². The van der Waals surface area contributed by atoms with E-state index >= 15 is 0 Å². The third-order valence-electron chi connectivity index (χ3n) is 3.09. The lowest BCUT2D eigenvalue weighted by molar-refractivity contribution is -0.130. The number of aromatic nitrogens is 2. The first-order valence-corrected chi connectivity index (χ1v) is 8.09. The molecule has 21 heavy (non-hydrogen) atoms. The maximum atomic E-state index is 11.9. The number of nitrogens with zero attached hydrogens (tertiary/aromatic N) is 4. The van der Waals surface area contributed by atoms with Gasteiger partial charge in [-0.15, -0.1) is 11.3 Å². The lowest BCUT2D eigenvalue weighted by atomic mass is 10.3. The van der Waals surface area contributed by atoms with Crippen molar-refractivity contribution in [2.24, 2.45) is 0 Å². The van der Waals surface area contributed by atoms with Gasteiger partial charge in [-0.1, -0.05) is 18.5 Å². The molecule has 5 nitrogen and oxygen atoms in total. The van der Waals surface area contributed by atoms with E-state index < -0.39 is 0 Å². The molecule has 0 aliphatic rings. The summed E-state index contributed by atoms with van der Waals surface area (Å²) >= 11 is 7.73. The van der Waals surface area contributed by atoms with Crippen LogP contribution in [-0.2, 0) is 11.3 Å². The summed E-state index contributed by atoms with van der Waals surface area (Å²) in [4.78, 5) is 25.3. The average molecular weight is 327 g/mol. The summed E-state index contributed by atoms with van der Waals surface area (Å²) < 4.78 is 0. The van der Waals surface area contributed by atoms with E-state index in [1.165, 1.54) is 0 Å². The van der Waals surface area contributed by atoms with Gasteiger partial charge in [0, 0.05) is 19.5 Å². The maximum Gasteiger partial charge on any atom is 0.236 e. The predicted octanol–water partition coefficient (Wildman–Crippen LogP) is 2.64. The van der Waals surface area contributed by atoms with Gasteiger partial charge in [0.05, 0.1) is 13.1 Å². The van der Waals surface area contributed by atoms with Gasteiger partial charge in [-0.2, -0.15) is 0 Å². The van der Waals surface area contributed by atoms with E-state index in [2.05, 4.69) is 16.9 Å². The van der Waals surface area contributed by atoms with Crippen LogP contribution in [0.3, 0.4) is 0 Å². The fourth-order valence-electron chi connectivity index (χ4n) is 1.99. The molecule has 0 aromatic carbocycles. The summed E-state index contributed by atoms with van der Waals surface area (Å²) in [6.07, 6.45) is 0.968. The SMILES string of the molecule is CCCN(CC(=O)N(C)C)Cc1nc(Cl)c2ccsc2n1. The van der Waals surface area contributed by atoms with Crippen molar-refractivity contribution in [1.82, 2.24) is 19.8 Å². The summed E-state index contributed by atoms with van der Waals surface area (Å²) in [5.41, 5.74) is 0. The number of carbonyl (C=O) groups is 1.